The number of ether oxygens (including phenoxy) is 2. The molecule has 7 heteroatoms. The van der Waals surface area contributed by atoms with Gasteiger partial charge in [-0.3, -0.25) is 4.79 Å². The molecule has 0 spiro atoms. The maximum absolute atomic E-state index is 12.8. The summed E-state index contributed by atoms with van der Waals surface area (Å²) < 4.78 is 12.3. The molecule has 0 saturated carbocycles. The number of nitrogens with zero attached hydrogens (tertiary/aromatic N) is 4. The van der Waals surface area contributed by atoms with Gasteiger partial charge in [-0.25, -0.2) is 9.50 Å². The van der Waals surface area contributed by atoms with Gasteiger partial charge in [-0.05, 0) is 6.92 Å². The molecule has 0 radical (unpaired) electrons. The molecule has 3 heterocycles. The number of amides is 1. The fourth-order valence-electron chi connectivity index (χ4n) is 2.61. The molecule has 1 fully saturated rings. The number of aryl methyl sites for hydroxylation is 1. The maximum Gasteiger partial charge on any atom is 0.257 e. The molecule has 2 aromatic rings. The molecule has 1 atom stereocenters. The van der Waals surface area contributed by atoms with Crippen LogP contribution in [0.2, 0.25) is 0 Å². The maximum atomic E-state index is 12.8. The Morgan fingerprint density at radius 3 is 3.24 bits per heavy atom. The largest absolute Gasteiger partial charge is 0.382 e. The minimum atomic E-state index is -0.0658. The minimum Gasteiger partial charge on any atom is -0.382 e. The van der Waals surface area contributed by atoms with Gasteiger partial charge in [0.2, 0.25) is 0 Å². The zero-order valence-electron chi connectivity index (χ0n) is 12.2. The van der Waals surface area contributed by atoms with E-state index in [-0.39, 0.29) is 11.9 Å². The molecule has 112 valence electrons. The number of hydrogen-bond acceptors (Lipinski definition) is 5. The van der Waals surface area contributed by atoms with Crippen molar-refractivity contribution >= 4 is 11.6 Å². The summed E-state index contributed by atoms with van der Waals surface area (Å²) in [5, 5.41) is 4.20. The van der Waals surface area contributed by atoms with E-state index in [4.69, 9.17) is 9.47 Å². The average molecular weight is 290 g/mol. The summed E-state index contributed by atoms with van der Waals surface area (Å²) in [6, 6.07) is 1.74. The van der Waals surface area contributed by atoms with E-state index >= 15 is 0 Å². The molecule has 1 aliphatic heterocycles. The van der Waals surface area contributed by atoms with Crippen molar-refractivity contribution < 1.29 is 14.3 Å². The molecular weight excluding hydrogens is 272 g/mol. The number of carbonyl (C=O) groups excluding carboxylic acids is 1. The van der Waals surface area contributed by atoms with E-state index in [0.717, 1.165) is 11.3 Å². The number of fused-ring (bicyclic) bond motifs is 1. The summed E-state index contributed by atoms with van der Waals surface area (Å²) in [6.07, 6.45) is 3.29. The second-order valence-corrected chi connectivity index (χ2v) is 5.04. The van der Waals surface area contributed by atoms with Crippen LogP contribution in [0.25, 0.3) is 5.65 Å². The van der Waals surface area contributed by atoms with E-state index < -0.39 is 0 Å². The zero-order valence-corrected chi connectivity index (χ0v) is 12.2. The van der Waals surface area contributed by atoms with Gasteiger partial charge < -0.3 is 14.4 Å². The first-order valence-electron chi connectivity index (χ1n) is 6.89. The lowest BCUT2D eigenvalue weighted by Gasteiger charge is -2.35. The number of methoxy groups -OCH3 is 1. The molecule has 21 heavy (non-hydrogen) atoms. The predicted molar refractivity (Wildman–Crippen MR) is 75.2 cm³/mol. The fraction of sp³-hybridized carbons (Fsp3) is 0.500. The van der Waals surface area contributed by atoms with E-state index in [1.165, 1.54) is 0 Å². The van der Waals surface area contributed by atoms with Crippen LogP contribution in [0.4, 0.5) is 0 Å². The van der Waals surface area contributed by atoms with E-state index in [0.29, 0.717) is 31.9 Å². The molecule has 2 aromatic heterocycles. The quantitative estimate of drug-likeness (QED) is 0.824. The lowest BCUT2D eigenvalue weighted by atomic mass is 10.1. The van der Waals surface area contributed by atoms with Gasteiger partial charge in [-0.2, -0.15) is 5.10 Å². The van der Waals surface area contributed by atoms with E-state index in [2.05, 4.69) is 10.1 Å². The Kier molecular flexibility index (Phi) is 3.85. The highest BCUT2D eigenvalue weighted by Crippen LogP contribution is 2.16. The second kappa shape index (κ2) is 5.79. The molecule has 3 rings (SSSR count). The van der Waals surface area contributed by atoms with Gasteiger partial charge in [0.25, 0.3) is 5.91 Å². The third-order valence-corrected chi connectivity index (χ3v) is 3.73. The third kappa shape index (κ3) is 2.50. The van der Waals surface area contributed by atoms with Crippen LogP contribution in [0.1, 0.15) is 16.1 Å². The number of carbonyl (C=O) groups is 1. The highest BCUT2D eigenvalue weighted by molar-refractivity contribution is 5.95. The minimum absolute atomic E-state index is 0.0530. The van der Waals surface area contributed by atoms with Crippen LogP contribution in [-0.2, 0) is 9.47 Å². The Morgan fingerprint density at radius 1 is 1.57 bits per heavy atom. The smallest absolute Gasteiger partial charge is 0.257 e. The normalized spacial score (nSPS) is 19.1. The number of morpholine rings is 1. The van der Waals surface area contributed by atoms with E-state index in [1.807, 2.05) is 13.0 Å². The Hall–Kier alpha value is -1.99. The fourth-order valence-corrected chi connectivity index (χ4v) is 2.61. The molecule has 0 aromatic carbocycles. The van der Waals surface area contributed by atoms with Gasteiger partial charge in [0, 0.05) is 25.9 Å². The van der Waals surface area contributed by atoms with Gasteiger partial charge in [-0.1, -0.05) is 0 Å². The predicted octanol–water partition coefficient (Wildman–Crippen LogP) is 0.525. The van der Waals surface area contributed by atoms with E-state index in [9.17, 15) is 4.79 Å². The van der Waals surface area contributed by atoms with Crippen molar-refractivity contribution in [2.24, 2.45) is 0 Å². The van der Waals surface area contributed by atoms with Gasteiger partial charge in [0.15, 0.2) is 5.65 Å². The summed E-state index contributed by atoms with van der Waals surface area (Å²) in [5.74, 6) is -0.0530. The molecular formula is C14H18N4O3. The first-order valence-corrected chi connectivity index (χ1v) is 6.89. The zero-order chi connectivity index (χ0) is 14.8. The van der Waals surface area contributed by atoms with Crippen LogP contribution >= 0.6 is 0 Å². The molecule has 0 N–H and O–H groups in total. The Morgan fingerprint density at radius 2 is 2.43 bits per heavy atom. The van der Waals surface area contributed by atoms with Gasteiger partial charge in [0.05, 0.1) is 43.3 Å². The molecule has 7 nitrogen and oxygen atoms in total. The van der Waals surface area contributed by atoms with E-state index in [1.54, 1.807) is 28.9 Å². The topological polar surface area (TPSA) is 69.0 Å². The summed E-state index contributed by atoms with van der Waals surface area (Å²) >= 11 is 0. The Labute approximate surface area is 122 Å². The Bertz CT molecular complexity index is 653. The monoisotopic (exact) mass is 290 g/mol. The van der Waals surface area contributed by atoms with Crippen molar-refractivity contribution in [1.29, 1.82) is 0 Å². The highest BCUT2D eigenvalue weighted by Gasteiger charge is 2.29. The molecule has 1 aliphatic rings. The first-order chi connectivity index (χ1) is 10.2. The van der Waals surface area contributed by atoms with Crippen molar-refractivity contribution in [3.63, 3.8) is 0 Å². The van der Waals surface area contributed by atoms with Crippen molar-refractivity contribution in [1.82, 2.24) is 19.5 Å². The standard InChI is InChI=1S/C14H18N4O3/c1-10-12(7-15-13-3-4-16-18(10)13)14(19)17-5-6-21-9-11(17)8-20-2/h3-4,7,11H,5-6,8-9H2,1-2H3. The lowest BCUT2D eigenvalue weighted by molar-refractivity contribution is -0.0252. The SMILES string of the molecule is COCC1COCCN1C(=O)c1cnc2ccnn2c1C. The second-order valence-electron chi connectivity index (χ2n) is 5.04. The Balaban J connectivity index is 1.93. The van der Waals surface area contributed by atoms with Gasteiger partial charge in [0.1, 0.15) is 0 Å². The number of hydrogen-bond donors (Lipinski definition) is 0. The average Bonchev–Trinajstić information content (AvgIpc) is 2.97. The van der Waals surface area contributed by atoms with Crippen LogP contribution in [0.5, 0.6) is 0 Å². The number of rotatable bonds is 3. The van der Waals surface area contributed by atoms with Crippen molar-refractivity contribution in [2.75, 3.05) is 33.5 Å². The highest BCUT2D eigenvalue weighted by atomic mass is 16.5. The van der Waals surface area contributed by atoms with Crippen molar-refractivity contribution in [2.45, 2.75) is 13.0 Å². The molecule has 1 saturated heterocycles. The summed E-state index contributed by atoms with van der Waals surface area (Å²) in [4.78, 5) is 18.9. The van der Waals surface area contributed by atoms with Crippen LogP contribution in [0.3, 0.4) is 0 Å². The van der Waals surface area contributed by atoms with Crippen LogP contribution in [-0.4, -0.2) is 64.9 Å². The van der Waals surface area contributed by atoms with Crippen LogP contribution < -0.4 is 0 Å². The summed E-state index contributed by atoms with van der Waals surface area (Å²) in [6.45, 7) is 3.94. The van der Waals surface area contributed by atoms with Gasteiger partial charge >= 0.3 is 0 Å². The molecule has 1 amide bonds. The third-order valence-electron chi connectivity index (χ3n) is 3.73. The molecule has 0 bridgehead atoms. The number of aromatic nitrogens is 3. The first kappa shape index (κ1) is 14.0. The van der Waals surface area contributed by atoms with Crippen molar-refractivity contribution in [3.8, 4) is 0 Å². The lowest BCUT2D eigenvalue weighted by Crippen LogP contribution is -2.51. The summed E-state index contributed by atoms with van der Waals surface area (Å²) in [5.41, 5.74) is 2.09. The molecule has 0 aliphatic carbocycles. The molecule has 1 unspecified atom stereocenters. The van der Waals surface area contributed by atoms with Crippen molar-refractivity contribution in [3.05, 3.63) is 29.7 Å². The van der Waals surface area contributed by atoms with Crippen LogP contribution in [0.15, 0.2) is 18.5 Å². The van der Waals surface area contributed by atoms with Gasteiger partial charge in [-0.15, -0.1) is 0 Å². The van der Waals surface area contributed by atoms with Crippen LogP contribution in [0, 0.1) is 6.92 Å². The summed E-state index contributed by atoms with van der Waals surface area (Å²) in [7, 11) is 1.62.